The minimum Gasteiger partial charge on any atom is -0.444 e. The van der Waals surface area contributed by atoms with Crippen LogP contribution in [0.25, 0.3) is 0 Å². The lowest BCUT2D eigenvalue weighted by Gasteiger charge is -2.06. The number of hydrogen-bond donors (Lipinski definition) is 1. The summed E-state index contributed by atoms with van der Waals surface area (Å²) in [5, 5.41) is 1.63. The maximum atomic E-state index is 12.6. The van der Waals surface area contributed by atoms with E-state index in [4.69, 9.17) is 4.74 Å². The number of halogens is 1. The van der Waals surface area contributed by atoms with Crippen molar-refractivity contribution in [2.45, 2.75) is 11.6 Å². The lowest BCUT2D eigenvalue weighted by molar-refractivity contribution is 0.155. The number of benzene rings is 1. The van der Waals surface area contributed by atoms with Crippen LogP contribution in [0.4, 0.5) is 14.4 Å². The van der Waals surface area contributed by atoms with Gasteiger partial charge in [-0.25, -0.2) is 9.78 Å². The highest BCUT2D eigenvalue weighted by Crippen LogP contribution is 2.12. The Morgan fingerprint density at radius 2 is 1.90 bits per heavy atom. The van der Waals surface area contributed by atoms with Gasteiger partial charge in [0, 0.05) is 0 Å². The first-order valence-electron chi connectivity index (χ1n) is 5.83. The monoisotopic (exact) mass is 310 g/mol. The van der Waals surface area contributed by atoms with Crippen molar-refractivity contribution in [1.29, 1.82) is 0 Å². The number of aromatic nitrogens is 1. The molecule has 110 valence electrons. The molecule has 0 atom stereocenters. The van der Waals surface area contributed by atoms with Gasteiger partial charge in [0.25, 0.3) is 0 Å². The van der Waals surface area contributed by atoms with Gasteiger partial charge in [-0.15, -0.1) is 0 Å². The number of ether oxygens (including phenoxy) is 1. The van der Waals surface area contributed by atoms with Gasteiger partial charge in [0.2, 0.25) is 0 Å². The Bertz CT molecular complexity index is 718. The Kier molecular flexibility index (Phi) is 4.49. The number of nitrogens with one attached hydrogen (secondary N) is 1. The highest BCUT2D eigenvalue weighted by Gasteiger charge is 2.13. The largest absolute Gasteiger partial charge is 0.444 e. The fraction of sp³-hybridized carbons (Fsp3) is 0.0769. The molecule has 0 saturated heterocycles. The van der Waals surface area contributed by atoms with Gasteiger partial charge in [0.15, 0.2) is 5.03 Å². The number of rotatable bonds is 4. The van der Waals surface area contributed by atoms with Crippen LogP contribution in [0.15, 0.2) is 53.7 Å². The topological polar surface area (TPSA) is 85.4 Å². The van der Waals surface area contributed by atoms with E-state index in [2.05, 4.69) is 10.3 Å². The predicted octanol–water partition coefficient (Wildman–Crippen LogP) is 2.49. The zero-order valence-electron chi connectivity index (χ0n) is 10.7. The third kappa shape index (κ3) is 4.53. The van der Waals surface area contributed by atoms with Crippen molar-refractivity contribution in [3.05, 3.63) is 54.2 Å². The summed E-state index contributed by atoms with van der Waals surface area (Å²) in [7, 11) is -4.85. The van der Waals surface area contributed by atoms with Crippen LogP contribution >= 0.6 is 0 Å². The Hall–Kier alpha value is -2.48. The van der Waals surface area contributed by atoms with Crippen molar-refractivity contribution in [2.24, 2.45) is 0 Å². The van der Waals surface area contributed by atoms with Gasteiger partial charge in [-0.1, -0.05) is 34.2 Å². The maximum absolute atomic E-state index is 12.6. The quantitative estimate of drug-likeness (QED) is 0.877. The van der Waals surface area contributed by atoms with Crippen LogP contribution in [0.5, 0.6) is 0 Å². The Morgan fingerprint density at radius 1 is 1.19 bits per heavy atom. The average Bonchev–Trinajstić information content (AvgIpc) is 2.46. The molecule has 1 amide bonds. The van der Waals surface area contributed by atoms with Crippen LogP contribution in [0.1, 0.15) is 5.56 Å². The van der Waals surface area contributed by atoms with Crippen LogP contribution in [0.2, 0.25) is 0 Å². The number of nitrogens with zero attached hydrogens (tertiary/aromatic N) is 1. The second kappa shape index (κ2) is 6.31. The van der Waals surface area contributed by atoms with Gasteiger partial charge in [-0.05, 0) is 17.7 Å². The summed E-state index contributed by atoms with van der Waals surface area (Å²) < 4.78 is 38.8. The smallest absolute Gasteiger partial charge is 0.412 e. The molecule has 21 heavy (non-hydrogen) atoms. The van der Waals surface area contributed by atoms with E-state index in [1.807, 2.05) is 18.2 Å². The molecular formula is C13H11FN2O4S. The van der Waals surface area contributed by atoms with Crippen LogP contribution in [0, 0.1) is 0 Å². The molecule has 8 heteroatoms. The molecule has 0 saturated carbocycles. The second-order valence-corrected chi connectivity index (χ2v) is 5.30. The van der Waals surface area contributed by atoms with E-state index in [0.717, 1.165) is 17.8 Å². The summed E-state index contributed by atoms with van der Waals surface area (Å²) in [6, 6.07) is 11.2. The number of carbonyl (C=O) groups excluding carboxylic acids is 1. The van der Waals surface area contributed by atoms with Crippen LogP contribution < -0.4 is 5.32 Å². The van der Waals surface area contributed by atoms with E-state index in [-0.39, 0.29) is 12.3 Å². The Labute approximate surface area is 120 Å². The first-order chi connectivity index (χ1) is 9.95. The fourth-order valence-corrected chi connectivity index (χ4v) is 1.88. The lowest BCUT2D eigenvalue weighted by atomic mass is 10.2. The highest BCUT2D eigenvalue weighted by molar-refractivity contribution is 7.86. The van der Waals surface area contributed by atoms with E-state index < -0.39 is 21.3 Å². The van der Waals surface area contributed by atoms with Crippen LogP contribution in [0.3, 0.4) is 0 Å². The Balaban J connectivity index is 1.91. The van der Waals surface area contributed by atoms with Crippen molar-refractivity contribution in [2.75, 3.05) is 5.32 Å². The molecule has 6 nitrogen and oxygen atoms in total. The van der Waals surface area contributed by atoms with Crippen molar-refractivity contribution in [3.8, 4) is 0 Å². The molecule has 0 unspecified atom stereocenters. The third-order valence-electron chi connectivity index (χ3n) is 2.45. The molecule has 2 rings (SSSR count). The first kappa shape index (κ1) is 14.9. The number of anilines is 1. The highest BCUT2D eigenvalue weighted by atomic mass is 32.3. The SMILES string of the molecule is O=C(Nc1ccc(S(=O)(=O)F)nc1)OCc1ccccc1. The van der Waals surface area contributed by atoms with E-state index in [1.54, 1.807) is 12.1 Å². The molecule has 0 aliphatic rings. The van der Waals surface area contributed by atoms with Crippen LogP contribution in [-0.4, -0.2) is 19.5 Å². The summed E-state index contributed by atoms with van der Waals surface area (Å²) >= 11 is 0. The van der Waals surface area contributed by atoms with E-state index in [1.165, 1.54) is 6.07 Å². The Morgan fingerprint density at radius 3 is 2.48 bits per heavy atom. The van der Waals surface area contributed by atoms with Gasteiger partial charge in [-0.3, -0.25) is 5.32 Å². The summed E-state index contributed by atoms with van der Waals surface area (Å²) in [5.74, 6) is 0. The number of amides is 1. The van der Waals surface area contributed by atoms with Crippen molar-refractivity contribution in [1.82, 2.24) is 4.98 Å². The molecule has 1 heterocycles. The van der Waals surface area contributed by atoms with Gasteiger partial charge in [0.1, 0.15) is 6.61 Å². The maximum Gasteiger partial charge on any atom is 0.412 e. The number of hydrogen-bond acceptors (Lipinski definition) is 5. The normalized spacial score (nSPS) is 10.9. The van der Waals surface area contributed by atoms with Crippen molar-refractivity contribution in [3.63, 3.8) is 0 Å². The van der Waals surface area contributed by atoms with Crippen molar-refractivity contribution >= 4 is 22.0 Å². The van der Waals surface area contributed by atoms with E-state index >= 15 is 0 Å². The molecule has 0 bridgehead atoms. The standard InChI is InChI=1S/C13H11FN2O4S/c14-21(18,19)12-7-6-11(8-15-12)16-13(17)20-9-10-4-2-1-3-5-10/h1-8H,9H2,(H,16,17). The molecular weight excluding hydrogens is 299 g/mol. The zero-order valence-corrected chi connectivity index (χ0v) is 11.5. The summed E-state index contributed by atoms with van der Waals surface area (Å²) in [5.41, 5.74) is 1.02. The average molecular weight is 310 g/mol. The molecule has 0 spiro atoms. The summed E-state index contributed by atoms with van der Waals surface area (Å²) in [4.78, 5) is 14.9. The third-order valence-corrected chi connectivity index (χ3v) is 3.19. The summed E-state index contributed by atoms with van der Waals surface area (Å²) in [6.07, 6.45) is 0.299. The molecule has 1 aromatic heterocycles. The molecule has 0 aliphatic heterocycles. The van der Waals surface area contributed by atoms with Gasteiger partial charge >= 0.3 is 16.3 Å². The molecule has 0 fully saturated rings. The molecule has 2 aromatic rings. The van der Waals surface area contributed by atoms with E-state index in [0.29, 0.717) is 0 Å². The second-order valence-electron chi connectivity index (χ2n) is 4.01. The fourth-order valence-electron chi connectivity index (χ4n) is 1.48. The number of pyridine rings is 1. The van der Waals surface area contributed by atoms with Gasteiger partial charge < -0.3 is 4.74 Å². The summed E-state index contributed by atoms with van der Waals surface area (Å²) in [6.45, 7) is 0.0943. The van der Waals surface area contributed by atoms with Crippen molar-refractivity contribution < 1.29 is 21.8 Å². The molecule has 1 N–H and O–H groups in total. The molecule has 1 aromatic carbocycles. The van der Waals surface area contributed by atoms with E-state index in [9.17, 15) is 17.1 Å². The van der Waals surface area contributed by atoms with Crippen LogP contribution in [-0.2, 0) is 21.6 Å². The first-order valence-corrected chi connectivity index (χ1v) is 7.22. The lowest BCUT2D eigenvalue weighted by Crippen LogP contribution is -2.13. The minimum absolute atomic E-state index is 0.0943. The minimum atomic E-state index is -4.85. The van der Waals surface area contributed by atoms with Gasteiger partial charge in [0.05, 0.1) is 11.9 Å². The van der Waals surface area contributed by atoms with Gasteiger partial charge in [-0.2, -0.15) is 8.42 Å². The molecule has 0 radical (unpaired) electrons. The number of carbonyl (C=O) groups is 1. The predicted molar refractivity (Wildman–Crippen MR) is 72.8 cm³/mol. The molecule has 0 aliphatic carbocycles. The zero-order chi connectivity index (χ0) is 15.3.